The van der Waals surface area contributed by atoms with Crippen molar-refractivity contribution in [1.29, 1.82) is 0 Å². The minimum absolute atomic E-state index is 0.113. The van der Waals surface area contributed by atoms with E-state index in [4.69, 9.17) is 16.2 Å². The van der Waals surface area contributed by atoms with Gasteiger partial charge < -0.3 is 21.1 Å². The molecule has 1 amide bonds. The summed E-state index contributed by atoms with van der Waals surface area (Å²) in [5.74, 6) is -1.17. The molecule has 0 aliphatic heterocycles. The molecule has 0 aliphatic rings. The summed E-state index contributed by atoms with van der Waals surface area (Å²) in [6.07, 6.45) is 1.84. The van der Waals surface area contributed by atoms with Crippen molar-refractivity contribution in [3.63, 3.8) is 0 Å². The average Bonchev–Trinajstić information content (AvgIpc) is 2.75. The highest BCUT2D eigenvalue weighted by molar-refractivity contribution is 7.19. The average molecular weight is 299 g/mol. The Morgan fingerprint density at radius 3 is 2.20 bits per heavy atom. The number of hydrogen-bond donors (Lipinski definition) is 2. The molecule has 0 fully saturated rings. The van der Waals surface area contributed by atoms with Gasteiger partial charge in [-0.1, -0.05) is 13.8 Å². The van der Waals surface area contributed by atoms with Crippen molar-refractivity contribution in [3.05, 3.63) is 10.4 Å². The first kappa shape index (κ1) is 16.3. The minimum Gasteiger partial charge on any atom is -0.465 e. The summed E-state index contributed by atoms with van der Waals surface area (Å²) < 4.78 is 4.77. The number of esters is 1. The maximum atomic E-state index is 11.9. The Morgan fingerprint density at radius 2 is 1.80 bits per heavy atom. The van der Waals surface area contributed by atoms with Crippen LogP contribution in [-0.4, -0.2) is 32.1 Å². The normalized spacial score (nSPS) is 10.3. The molecule has 0 saturated carbocycles. The van der Waals surface area contributed by atoms with Crippen LogP contribution in [0.1, 0.15) is 46.7 Å². The molecule has 0 unspecified atom stereocenters. The van der Waals surface area contributed by atoms with Gasteiger partial charge in [0, 0.05) is 13.1 Å². The Morgan fingerprint density at radius 1 is 1.25 bits per heavy atom. The van der Waals surface area contributed by atoms with Gasteiger partial charge in [-0.05, 0) is 12.8 Å². The molecule has 20 heavy (non-hydrogen) atoms. The SMILES string of the molecule is CCCN(CCC)c1sc(C(N)=O)c(N)c1C(=O)OC. The van der Waals surface area contributed by atoms with Crippen LogP contribution in [0.5, 0.6) is 0 Å². The molecule has 7 heteroatoms. The van der Waals surface area contributed by atoms with Crippen LogP contribution in [0.2, 0.25) is 0 Å². The van der Waals surface area contributed by atoms with Crippen molar-refractivity contribution >= 4 is 33.9 Å². The summed E-state index contributed by atoms with van der Waals surface area (Å²) in [6, 6.07) is 0. The van der Waals surface area contributed by atoms with Crippen molar-refractivity contribution in [1.82, 2.24) is 0 Å². The van der Waals surface area contributed by atoms with E-state index in [0.717, 1.165) is 37.3 Å². The molecule has 0 atom stereocenters. The van der Waals surface area contributed by atoms with Crippen LogP contribution in [0, 0.1) is 0 Å². The number of methoxy groups -OCH3 is 1. The molecule has 0 aromatic carbocycles. The maximum Gasteiger partial charge on any atom is 0.343 e. The van der Waals surface area contributed by atoms with Gasteiger partial charge in [-0.3, -0.25) is 4.79 Å². The number of nitrogen functional groups attached to an aromatic ring is 1. The van der Waals surface area contributed by atoms with Crippen molar-refractivity contribution in [2.45, 2.75) is 26.7 Å². The number of anilines is 2. The van der Waals surface area contributed by atoms with E-state index < -0.39 is 11.9 Å². The smallest absolute Gasteiger partial charge is 0.343 e. The second kappa shape index (κ2) is 7.14. The predicted molar refractivity (Wildman–Crippen MR) is 81.4 cm³/mol. The predicted octanol–water partition coefficient (Wildman–Crippen LogP) is 1.84. The van der Waals surface area contributed by atoms with Gasteiger partial charge in [0.05, 0.1) is 12.8 Å². The van der Waals surface area contributed by atoms with E-state index in [1.807, 2.05) is 18.7 Å². The molecule has 0 spiro atoms. The quantitative estimate of drug-likeness (QED) is 0.748. The zero-order valence-corrected chi connectivity index (χ0v) is 12.9. The van der Waals surface area contributed by atoms with E-state index in [2.05, 4.69) is 0 Å². The number of carbonyl (C=O) groups is 2. The lowest BCUT2D eigenvalue weighted by Gasteiger charge is -2.23. The summed E-state index contributed by atoms with van der Waals surface area (Å²) in [5.41, 5.74) is 11.6. The van der Waals surface area contributed by atoms with E-state index in [9.17, 15) is 9.59 Å². The molecule has 1 aromatic heterocycles. The molecule has 1 heterocycles. The van der Waals surface area contributed by atoms with Crippen LogP contribution >= 0.6 is 11.3 Å². The topological polar surface area (TPSA) is 98.6 Å². The summed E-state index contributed by atoms with van der Waals surface area (Å²) in [4.78, 5) is 25.6. The first-order valence-electron chi connectivity index (χ1n) is 6.53. The molecule has 0 bridgehead atoms. The zero-order chi connectivity index (χ0) is 15.3. The summed E-state index contributed by atoms with van der Waals surface area (Å²) >= 11 is 1.15. The van der Waals surface area contributed by atoms with Gasteiger partial charge in [0.15, 0.2) is 0 Å². The number of carbonyl (C=O) groups excluding carboxylic acids is 2. The largest absolute Gasteiger partial charge is 0.465 e. The number of nitrogens with zero attached hydrogens (tertiary/aromatic N) is 1. The van der Waals surface area contributed by atoms with Gasteiger partial charge in [0.1, 0.15) is 15.4 Å². The fourth-order valence-corrected chi connectivity index (χ4v) is 3.10. The highest BCUT2D eigenvalue weighted by atomic mass is 32.1. The number of rotatable bonds is 7. The summed E-state index contributed by atoms with van der Waals surface area (Å²) in [7, 11) is 1.29. The van der Waals surface area contributed by atoms with E-state index in [0.29, 0.717) is 5.00 Å². The number of amides is 1. The monoisotopic (exact) mass is 299 g/mol. The van der Waals surface area contributed by atoms with E-state index in [-0.39, 0.29) is 16.1 Å². The second-order valence-corrected chi connectivity index (χ2v) is 5.37. The van der Waals surface area contributed by atoms with E-state index in [1.165, 1.54) is 7.11 Å². The molecular formula is C13H21N3O3S. The van der Waals surface area contributed by atoms with Gasteiger partial charge in [-0.15, -0.1) is 11.3 Å². The second-order valence-electron chi connectivity index (χ2n) is 4.37. The molecule has 0 saturated heterocycles. The fourth-order valence-electron chi connectivity index (χ4n) is 1.99. The lowest BCUT2D eigenvalue weighted by Crippen LogP contribution is -2.25. The number of primary amides is 1. The maximum absolute atomic E-state index is 11.9. The zero-order valence-electron chi connectivity index (χ0n) is 12.1. The number of hydrogen-bond acceptors (Lipinski definition) is 6. The Hall–Kier alpha value is -1.76. The lowest BCUT2D eigenvalue weighted by molar-refractivity contribution is 0.0603. The first-order valence-corrected chi connectivity index (χ1v) is 7.34. The lowest BCUT2D eigenvalue weighted by atomic mass is 10.2. The summed E-state index contributed by atoms with van der Waals surface area (Å²) in [6.45, 7) is 5.64. The van der Waals surface area contributed by atoms with Crippen LogP contribution < -0.4 is 16.4 Å². The van der Waals surface area contributed by atoms with Gasteiger partial charge >= 0.3 is 5.97 Å². The van der Waals surface area contributed by atoms with Crippen molar-refractivity contribution in [3.8, 4) is 0 Å². The van der Waals surface area contributed by atoms with Gasteiger partial charge in [0.25, 0.3) is 5.91 Å². The summed E-state index contributed by atoms with van der Waals surface area (Å²) in [5, 5.41) is 0.659. The molecule has 0 aliphatic carbocycles. The number of thiophene rings is 1. The molecule has 6 nitrogen and oxygen atoms in total. The molecule has 112 valence electrons. The molecule has 1 rings (SSSR count). The highest BCUT2D eigenvalue weighted by Crippen LogP contribution is 2.38. The third kappa shape index (κ3) is 3.22. The van der Waals surface area contributed by atoms with Crippen LogP contribution in [0.4, 0.5) is 10.7 Å². The van der Waals surface area contributed by atoms with Crippen LogP contribution in [0.25, 0.3) is 0 Å². The minimum atomic E-state index is -0.628. The highest BCUT2D eigenvalue weighted by Gasteiger charge is 2.27. The Labute approximate surface area is 122 Å². The van der Waals surface area contributed by atoms with Crippen molar-refractivity contribution in [2.24, 2.45) is 5.73 Å². The Balaban J connectivity index is 3.37. The Bertz CT molecular complexity index is 493. The number of ether oxygens (including phenoxy) is 1. The molecule has 4 N–H and O–H groups in total. The standard InChI is InChI=1S/C13H21N3O3S/c1-4-6-16(7-5-2)12-8(13(18)19-3)9(14)10(20-12)11(15)17/h4-7,14H2,1-3H3,(H2,15,17). The van der Waals surface area contributed by atoms with Crippen molar-refractivity contribution in [2.75, 3.05) is 30.8 Å². The molecular weight excluding hydrogens is 278 g/mol. The van der Waals surface area contributed by atoms with Crippen LogP contribution in [0.15, 0.2) is 0 Å². The Kier molecular flexibility index (Phi) is 5.82. The first-order chi connectivity index (χ1) is 9.47. The molecule has 0 radical (unpaired) electrons. The van der Waals surface area contributed by atoms with Gasteiger partial charge in [-0.2, -0.15) is 0 Å². The van der Waals surface area contributed by atoms with Crippen molar-refractivity contribution < 1.29 is 14.3 Å². The number of nitrogens with two attached hydrogens (primary N) is 2. The van der Waals surface area contributed by atoms with Gasteiger partial charge in [-0.25, -0.2) is 4.79 Å². The molecule has 1 aromatic rings. The fraction of sp³-hybridized carbons (Fsp3) is 0.538. The van der Waals surface area contributed by atoms with Crippen LogP contribution in [-0.2, 0) is 4.74 Å². The third-order valence-electron chi connectivity index (χ3n) is 2.81. The third-order valence-corrected chi connectivity index (χ3v) is 4.10. The van der Waals surface area contributed by atoms with Crippen LogP contribution in [0.3, 0.4) is 0 Å². The van der Waals surface area contributed by atoms with E-state index >= 15 is 0 Å². The van der Waals surface area contributed by atoms with Gasteiger partial charge in [0.2, 0.25) is 0 Å². The van der Waals surface area contributed by atoms with E-state index in [1.54, 1.807) is 0 Å².